The number of hydrogen-bond donors (Lipinski definition) is 2. The van der Waals surface area contributed by atoms with Gasteiger partial charge in [-0.1, -0.05) is 40.9 Å². The van der Waals surface area contributed by atoms with Gasteiger partial charge < -0.3 is 20.2 Å². The monoisotopic (exact) mass is 457 g/mol. The average molecular weight is 459 g/mol. The first-order chi connectivity index (χ1) is 13.8. The van der Waals surface area contributed by atoms with Crippen LogP contribution in [0.3, 0.4) is 0 Å². The lowest BCUT2D eigenvalue weighted by atomic mass is 10.1. The second-order valence-corrected chi connectivity index (χ2v) is 8.15. The second-order valence-electron chi connectivity index (χ2n) is 6.93. The summed E-state index contributed by atoms with van der Waals surface area (Å²) in [7, 11) is 0. The second kappa shape index (κ2) is 9.34. The van der Waals surface area contributed by atoms with Gasteiger partial charge in [-0.05, 0) is 31.5 Å². The summed E-state index contributed by atoms with van der Waals surface area (Å²) in [6, 6.07) is 4.85. The number of halogens is 3. The minimum absolute atomic E-state index is 0.126. The van der Waals surface area contributed by atoms with Crippen LogP contribution in [0.4, 0.5) is 11.8 Å². The molecule has 1 amide bonds. The number of rotatable bonds is 6. The van der Waals surface area contributed by atoms with Gasteiger partial charge in [0.2, 0.25) is 12.4 Å². The van der Waals surface area contributed by atoms with Crippen LogP contribution in [-0.4, -0.2) is 58.7 Å². The van der Waals surface area contributed by atoms with Crippen molar-refractivity contribution in [3.63, 3.8) is 0 Å². The highest BCUT2D eigenvalue weighted by atomic mass is 35.5. The third-order valence-corrected chi connectivity index (χ3v) is 5.96. The molecule has 2 unspecified atom stereocenters. The molecule has 2 aromatic rings. The Hall–Kier alpha value is -1.80. The van der Waals surface area contributed by atoms with Gasteiger partial charge in [0.05, 0.1) is 24.4 Å². The molecule has 1 aliphatic heterocycles. The Balaban J connectivity index is 1.85. The van der Waals surface area contributed by atoms with E-state index in [1.54, 1.807) is 17.0 Å². The van der Waals surface area contributed by atoms with Crippen molar-refractivity contribution in [2.45, 2.75) is 25.9 Å². The number of aliphatic hydroxyl groups excluding tert-OH is 1. The van der Waals surface area contributed by atoms with Gasteiger partial charge >= 0.3 is 0 Å². The molecular weight excluding hydrogens is 437 g/mol. The maximum atomic E-state index is 11.1. The van der Waals surface area contributed by atoms with Crippen LogP contribution in [0.1, 0.15) is 24.2 Å². The molecule has 2 atom stereocenters. The van der Waals surface area contributed by atoms with Crippen LogP contribution < -0.4 is 10.2 Å². The lowest BCUT2D eigenvalue weighted by molar-refractivity contribution is -0.121. The van der Waals surface area contributed by atoms with Gasteiger partial charge in [-0.3, -0.25) is 4.79 Å². The Labute approximate surface area is 184 Å². The highest BCUT2D eigenvalue weighted by Crippen LogP contribution is 2.32. The van der Waals surface area contributed by atoms with Crippen LogP contribution in [0.15, 0.2) is 18.2 Å². The number of carbonyl (C=O) groups is 1. The van der Waals surface area contributed by atoms with Crippen molar-refractivity contribution in [1.82, 2.24) is 14.9 Å². The first-order valence-corrected chi connectivity index (χ1v) is 10.3. The zero-order valence-corrected chi connectivity index (χ0v) is 18.3. The molecule has 29 heavy (non-hydrogen) atoms. The summed E-state index contributed by atoms with van der Waals surface area (Å²) in [4.78, 5) is 23.8. The van der Waals surface area contributed by atoms with E-state index in [4.69, 9.17) is 34.8 Å². The van der Waals surface area contributed by atoms with Crippen LogP contribution in [0.25, 0.3) is 0 Å². The third kappa shape index (κ3) is 4.86. The number of nitrogens with one attached hydrogen (secondary N) is 1. The predicted octanol–water partition coefficient (Wildman–Crippen LogP) is 3.56. The molecule has 0 bridgehead atoms. The highest BCUT2D eigenvalue weighted by molar-refractivity contribution is 6.35. The van der Waals surface area contributed by atoms with Crippen LogP contribution in [0.5, 0.6) is 0 Å². The fraction of sp³-hybridized carbons (Fsp3) is 0.421. The first-order valence-electron chi connectivity index (χ1n) is 9.16. The van der Waals surface area contributed by atoms with Crippen molar-refractivity contribution in [1.29, 1.82) is 0 Å². The Kier molecular flexibility index (Phi) is 7.05. The predicted molar refractivity (Wildman–Crippen MR) is 116 cm³/mol. The Morgan fingerprint density at radius 1 is 1.31 bits per heavy atom. The lowest BCUT2D eigenvalue weighted by Gasteiger charge is -2.38. The largest absolute Gasteiger partial charge is 0.394 e. The van der Waals surface area contributed by atoms with Crippen LogP contribution in [-0.2, 0) is 4.79 Å². The van der Waals surface area contributed by atoms with E-state index >= 15 is 0 Å². The fourth-order valence-corrected chi connectivity index (χ4v) is 3.98. The summed E-state index contributed by atoms with van der Waals surface area (Å²) in [6.07, 6.45) is 0.761. The molecule has 1 saturated heterocycles. The minimum Gasteiger partial charge on any atom is -0.394 e. The van der Waals surface area contributed by atoms with Crippen LogP contribution in [0.2, 0.25) is 15.1 Å². The SMILES string of the molecule is Cc1nc(N2CCN(C=O)C(CO)C2)nc(NC(C)c2ccc(Cl)cc2Cl)c1Cl. The molecule has 0 radical (unpaired) electrons. The molecule has 0 spiro atoms. The topological polar surface area (TPSA) is 81.6 Å². The lowest BCUT2D eigenvalue weighted by Crippen LogP contribution is -2.54. The Morgan fingerprint density at radius 2 is 2.07 bits per heavy atom. The van der Waals surface area contributed by atoms with Gasteiger partial charge in [-0.2, -0.15) is 4.98 Å². The smallest absolute Gasteiger partial charge is 0.227 e. The molecule has 2 heterocycles. The van der Waals surface area contributed by atoms with Gasteiger partial charge in [0.1, 0.15) is 5.02 Å². The Bertz CT molecular complexity index is 898. The molecular formula is C19H22Cl3N5O2. The quantitative estimate of drug-likeness (QED) is 0.644. The number of aliphatic hydroxyl groups is 1. The number of nitrogens with zero attached hydrogens (tertiary/aromatic N) is 4. The summed E-state index contributed by atoms with van der Waals surface area (Å²) in [5.41, 5.74) is 1.50. The van der Waals surface area contributed by atoms with Crippen molar-refractivity contribution >= 4 is 53.0 Å². The van der Waals surface area contributed by atoms with Crippen molar-refractivity contribution < 1.29 is 9.90 Å². The Morgan fingerprint density at radius 3 is 2.72 bits per heavy atom. The first kappa shape index (κ1) is 21.9. The van der Waals surface area contributed by atoms with Gasteiger partial charge in [-0.25, -0.2) is 4.98 Å². The van der Waals surface area contributed by atoms with Crippen molar-refractivity contribution in [3.05, 3.63) is 44.5 Å². The molecule has 1 aromatic heterocycles. The molecule has 1 fully saturated rings. The molecule has 1 aliphatic rings. The van der Waals surface area contributed by atoms with E-state index in [2.05, 4.69) is 15.3 Å². The number of carbonyl (C=O) groups excluding carboxylic acids is 1. The molecule has 1 aromatic carbocycles. The summed E-state index contributed by atoms with van der Waals surface area (Å²) in [6.45, 7) is 5.12. The van der Waals surface area contributed by atoms with Gasteiger partial charge in [0.25, 0.3) is 0 Å². The van der Waals surface area contributed by atoms with E-state index in [-0.39, 0.29) is 18.7 Å². The van der Waals surface area contributed by atoms with Crippen LogP contribution >= 0.6 is 34.8 Å². The minimum atomic E-state index is -0.302. The molecule has 0 aliphatic carbocycles. The number of amides is 1. The summed E-state index contributed by atoms with van der Waals surface area (Å²) in [5, 5.41) is 14.4. The summed E-state index contributed by atoms with van der Waals surface area (Å²) < 4.78 is 0. The van der Waals surface area contributed by atoms with Gasteiger partial charge in [0, 0.05) is 29.7 Å². The fourth-order valence-electron chi connectivity index (χ4n) is 3.27. The number of hydrogen-bond acceptors (Lipinski definition) is 6. The molecule has 7 nitrogen and oxygen atoms in total. The van der Waals surface area contributed by atoms with E-state index in [0.717, 1.165) is 12.0 Å². The van der Waals surface area contributed by atoms with E-state index in [9.17, 15) is 9.90 Å². The normalized spacial score (nSPS) is 17.9. The molecule has 156 valence electrons. The van der Waals surface area contributed by atoms with Crippen molar-refractivity contribution in [3.8, 4) is 0 Å². The molecule has 10 heteroatoms. The zero-order valence-electron chi connectivity index (χ0n) is 16.1. The van der Waals surface area contributed by atoms with E-state index in [0.29, 0.717) is 52.2 Å². The van der Waals surface area contributed by atoms with E-state index < -0.39 is 0 Å². The molecule has 0 saturated carbocycles. The van der Waals surface area contributed by atoms with Crippen molar-refractivity contribution in [2.24, 2.45) is 0 Å². The van der Waals surface area contributed by atoms with Crippen molar-refractivity contribution in [2.75, 3.05) is 36.5 Å². The van der Waals surface area contributed by atoms with Gasteiger partial charge in [-0.15, -0.1) is 0 Å². The van der Waals surface area contributed by atoms with E-state index in [1.165, 1.54) is 0 Å². The standard InChI is InChI=1S/C19H22Cl3N5O2/c1-11(15-4-3-13(20)7-16(15)21)23-18-17(22)12(2)24-19(25-18)26-5-6-27(10-29)14(8-26)9-28/h3-4,7,10-11,14,28H,5-6,8-9H2,1-2H3,(H,23,24,25). The highest BCUT2D eigenvalue weighted by Gasteiger charge is 2.28. The van der Waals surface area contributed by atoms with E-state index in [1.807, 2.05) is 24.8 Å². The number of anilines is 2. The maximum absolute atomic E-state index is 11.1. The number of aryl methyl sites for hydroxylation is 1. The van der Waals surface area contributed by atoms with Gasteiger partial charge in [0.15, 0.2) is 5.82 Å². The summed E-state index contributed by atoms with van der Waals surface area (Å²) in [5.74, 6) is 0.985. The molecule has 2 N–H and O–H groups in total. The zero-order chi connectivity index (χ0) is 21.1. The number of benzene rings is 1. The number of piperazine rings is 1. The molecule has 3 rings (SSSR count). The number of aromatic nitrogens is 2. The third-order valence-electron chi connectivity index (χ3n) is 4.94. The summed E-state index contributed by atoms with van der Waals surface area (Å²) >= 11 is 18.8. The van der Waals surface area contributed by atoms with Crippen LogP contribution in [0, 0.1) is 6.92 Å². The maximum Gasteiger partial charge on any atom is 0.227 e. The average Bonchev–Trinajstić information content (AvgIpc) is 2.70.